The first kappa shape index (κ1) is 22.5. The third-order valence-corrected chi connectivity index (χ3v) is 5.81. The Hall–Kier alpha value is -3.65. The summed E-state index contributed by atoms with van der Waals surface area (Å²) < 4.78 is 19.3. The number of hydrogen-bond donors (Lipinski definition) is 1. The van der Waals surface area contributed by atoms with Gasteiger partial charge in [0.15, 0.2) is 11.6 Å². The van der Waals surface area contributed by atoms with E-state index >= 15 is 0 Å². The topological polar surface area (TPSA) is 83.6 Å². The number of oxazole rings is 1. The summed E-state index contributed by atoms with van der Waals surface area (Å²) in [6.07, 6.45) is 7.46. The van der Waals surface area contributed by atoms with Crippen molar-refractivity contribution in [3.8, 4) is 0 Å². The number of amides is 1. The molecule has 3 heterocycles. The summed E-state index contributed by atoms with van der Waals surface area (Å²) in [6, 6.07) is 7.49. The fourth-order valence-electron chi connectivity index (χ4n) is 3.88. The van der Waals surface area contributed by atoms with Gasteiger partial charge in [0.05, 0.1) is 6.20 Å². The number of carbonyl (C=O) groups is 1. The molecule has 3 aromatic rings. The number of rotatable bonds is 6. The highest BCUT2D eigenvalue weighted by molar-refractivity contribution is 6.03. The standard InChI is InChI=1S/C25H26FN5O2/c1-16(10-21(26)14-27-2)18-4-5-19-13-28-23(12-20(19)11-18)30-24(32)22-15-33-25(29-22)17-6-8-31(3)9-7-17/h4-5,10-15,17H,2,6-9H2,1,3H3,(H,28,30,32)/b16-10+,21-14+. The number of nitrogens with one attached hydrogen (secondary N) is 1. The first-order chi connectivity index (χ1) is 15.9. The van der Waals surface area contributed by atoms with Crippen LogP contribution >= 0.6 is 0 Å². The van der Waals surface area contributed by atoms with Gasteiger partial charge in [-0.1, -0.05) is 12.1 Å². The van der Waals surface area contributed by atoms with Crippen molar-refractivity contribution in [2.75, 3.05) is 25.5 Å². The van der Waals surface area contributed by atoms with Gasteiger partial charge in [0.25, 0.3) is 5.91 Å². The Balaban J connectivity index is 1.50. The molecule has 1 aromatic carbocycles. The van der Waals surface area contributed by atoms with Crippen molar-refractivity contribution in [2.24, 2.45) is 4.99 Å². The average Bonchev–Trinajstić information content (AvgIpc) is 3.29. The maximum atomic E-state index is 13.7. The van der Waals surface area contributed by atoms with E-state index in [4.69, 9.17) is 4.42 Å². The molecule has 0 unspecified atom stereocenters. The second-order valence-electron chi connectivity index (χ2n) is 8.26. The van der Waals surface area contributed by atoms with Crippen LogP contribution in [0.4, 0.5) is 10.2 Å². The molecule has 1 aliphatic heterocycles. The number of allylic oxidation sites excluding steroid dienone is 3. The number of pyridine rings is 1. The van der Waals surface area contributed by atoms with Crippen molar-refractivity contribution >= 4 is 34.8 Å². The summed E-state index contributed by atoms with van der Waals surface area (Å²) in [5.41, 5.74) is 1.81. The van der Waals surface area contributed by atoms with E-state index in [2.05, 4.69) is 38.9 Å². The van der Waals surface area contributed by atoms with Gasteiger partial charge in [0.1, 0.15) is 17.9 Å². The van der Waals surface area contributed by atoms with Crippen LogP contribution in [-0.2, 0) is 0 Å². The molecule has 1 saturated heterocycles. The number of piperidine rings is 1. The van der Waals surface area contributed by atoms with E-state index < -0.39 is 5.83 Å². The van der Waals surface area contributed by atoms with Gasteiger partial charge in [0, 0.05) is 17.5 Å². The number of halogens is 1. The molecule has 7 nitrogen and oxygen atoms in total. The lowest BCUT2D eigenvalue weighted by molar-refractivity contribution is 0.102. The Morgan fingerprint density at radius 1 is 1.30 bits per heavy atom. The number of aliphatic imine (C=N–C) groups is 1. The van der Waals surface area contributed by atoms with Crippen LogP contribution in [0, 0.1) is 0 Å². The number of benzene rings is 1. The molecule has 2 aromatic heterocycles. The molecule has 0 aliphatic carbocycles. The zero-order valence-corrected chi connectivity index (χ0v) is 18.7. The number of carbonyl (C=O) groups excluding carboxylic acids is 1. The minimum Gasteiger partial charge on any atom is -0.448 e. The van der Waals surface area contributed by atoms with Crippen molar-refractivity contribution in [3.05, 3.63) is 72.0 Å². The fourth-order valence-corrected chi connectivity index (χ4v) is 3.88. The molecule has 33 heavy (non-hydrogen) atoms. The smallest absolute Gasteiger partial charge is 0.278 e. The fraction of sp³-hybridized carbons (Fsp3) is 0.280. The minimum absolute atomic E-state index is 0.233. The zero-order valence-electron chi connectivity index (χ0n) is 18.7. The first-order valence-electron chi connectivity index (χ1n) is 10.8. The molecular weight excluding hydrogens is 421 g/mol. The van der Waals surface area contributed by atoms with Gasteiger partial charge in [-0.05, 0) is 81.4 Å². The molecule has 170 valence electrons. The van der Waals surface area contributed by atoms with Gasteiger partial charge in [0.2, 0.25) is 0 Å². The predicted molar refractivity (Wildman–Crippen MR) is 128 cm³/mol. The van der Waals surface area contributed by atoms with Gasteiger partial charge in [-0.3, -0.25) is 9.79 Å². The highest BCUT2D eigenvalue weighted by Gasteiger charge is 2.24. The number of anilines is 1. The zero-order chi connectivity index (χ0) is 23.4. The van der Waals surface area contributed by atoms with Gasteiger partial charge in [-0.2, -0.15) is 0 Å². The minimum atomic E-state index is -0.475. The molecule has 0 spiro atoms. The number of fused-ring (bicyclic) bond motifs is 1. The molecule has 1 fully saturated rings. The lowest BCUT2D eigenvalue weighted by Crippen LogP contribution is -2.29. The van der Waals surface area contributed by atoms with Crippen LogP contribution in [-0.4, -0.2) is 47.6 Å². The van der Waals surface area contributed by atoms with Crippen LogP contribution in [0.3, 0.4) is 0 Å². The van der Waals surface area contributed by atoms with E-state index in [1.54, 1.807) is 12.3 Å². The quantitative estimate of drug-likeness (QED) is 0.415. The van der Waals surface area contributed by atoms with Crippen molar-refractivity contribution in [1.29, 1.82) is 0 Å². The third-order valence-electron chi connectivity index (χ3n) is 5.81. The van der Waals surface area contributed by atoms with E-state index in [1.807, 2.05) is 25.1 Å². The SMILES string of the molecule is C=N/C=C(F)\C=C(/C)c1ccc2cnc(NC(=O)c3coc(C4CCN(C)CC4)n3)cc2c1. The van der Waals surface area contributed by atoms with Gasteiger partial charge < -0.3 is 14.6 Å². The average molecular weight is 448 g/mol. The number of nitrogens with zero attached hydrogens (tertiary/aromatic N) is 4. The Bertz CT molecular complexity index is 1240. The largest absolute Gasteiger partial charge is 0.448 e. The number of likely N-dealkylation sites (tertiary alicyclic amines) is 1. The van der Waals surface area contributed by atoms with Crippen LogP contribution in [0.5, 0.6) is 0 Å². The highest BCUT2D eigenvalue weighted by atomic mass is 19.1. The molecule has 0 saturated carbocycles. The van der Waals surface area contributed by atoms with Gasteiger partial charge in [-0.25, -0.2) is 14.4 Å². The van der Waals surface area contributed by atoms with E-state index in [9.17, 15) is 9.18 Å². The Kier molecular flexibility index (Phi) is 6.74. The molecule has 4 rings (SSSR count). The Labute approximate surface area is 191 Å². The summed E-state index contributed by atoms with van der Waals surface area (Å²) in [4.78, 5) is 27.1. The molecule has 1 aliphatic rings. The maximum absolute atomic E-state index is 13.7. The second-order valence-corrected chi connectivity index (χ2v) is 8.26. The number of hydrogen-bond acceptors (Lipinski definition) is 6. The van der Waals surface area contributed by atoms with Crippen molar-refractivity contribution in [2.45, 2.75) is 25.7 Å². The van der Waals surface area contributed by atoms with Crippen LogP contribution in [0.1, 0.15) is 47.6 Å². The summed E-state index contributed by atoms with van der Waals surface area (Å²) in [6.45, 7) is 7.04. The molecule has 0 atom stereocenters. The summed E-state index contributed by atoms with van der Waals surface area (Å²) >= 11 is 0. The van der Waals surface area contributed by atoms with Gasteiger partial charge in [-0.15, -0.1) is 0 Å². The highest BCUT2D eigenvalue weighted by Crippen LogP contribution is 2.27. The summed E-state index contributed by atoms with van der Waals surface area (Å²) in [5.74, 6) is 0.397. The van der Waals surface area contributed by atoms with E-state index in [1.165, 1.54) is 12.3 Å². The third kappa shape index (κ3) is 5.40. The van der Waals surface area contributed by atoms with E-state index in [-0.39, 0.29) is 17.5 Å². The van der Waals surface area contributed by atoms with Gasteiger partial charge >= 0.3 is 0 Å². The van der Waals surface area contributed by atoms with Crippen LogP contribution in [0.2, 0.25) is 0 Å². The molecule has 0 bridgehead atoms. The second kappa shape index (κ2) is 9.87. The lowest BCUT2D eigenvalue weighted by atomic mass is 9.97. The van der Waals surface area contributed by atoms with Crippen molar-refractivity contribution in [3.63, 3.8) is 0 Å². The monoisotopic (exact) mass is 447 g/mol. The molecule has 8 heteroatoms. The molecule has 0 radical (unpaired) electrons. The first-order valence-corrected chi connectivity index (χ1v) is 10.8. The van der Waals surface area contributed by atoms with Crippen molar-refractivity contribution in [1.82, 2.24) is 14.9 Å². The summed E-state index contributed by atoms with van der Waals surface area (Å²) in [7, 11) is 2.09. The normalized spacial score (nSPS) is 16.2. The van der Waals surface area contributed by atoms with E-state index in [0.717, 1.165) is 54.0 Å². The van der Waals surface area contributed by atoms with Crippen molar-refractivity contribution < 1.29 is 13.6 Å². The predicted octanol–water partition coefficient (Wildman–Crippen LogP) is 5.20. The molecule has 1 N–H and O–H groups in total. The lowest BCUT2D eigenvalue weighted by Gasteiger charge is -2.26. The number of aromatic nitrogens is 2. The van der Waals surface area contributed by atoms with E-state index in [0.29, 0.717) is 11.7 Å². The van der Waals surface area contributed by atoms with Crippen LogP contribution in [0.15, 0.2) is 64.2 Å². The van der Waals surface area contributed by atoms with Crippen LogP contribution < -0.4 is 5.32 Å². The Morgan fingerprint density at radius 2 is 2.09 bits per heavy atom. The summed E-state index contributed by atoms with van der Waals surface area (Å²) in [5, 5.41) is 4.55. The maximum Gasteiger partial charge on any atom is 0.278 e. The van der Waals surface area contributed by atoms with Crippen LogP contribution in [0.25, 0.3) is 16.3 Å². The molecule has 1 amide bonds. The Morgan fingerprint density at radius 3 is 2.85 bits per heavy atom. The molecular formula is C25H26FN5O2.